The molecule has 1 heterocycles. The molecular weight excluding hydrogens is 236 g/mol. The van der Waals surface area contributed by atoms with Crippen LogP contribution in [-0.2, 0) is 4.74 Å². The summed E-state index contributed by atoms with van der Waals surface area (Å²) < 4.78 is 11.1. The molecule has 0 aromatic heterocycles. The predicted molar refractivity (Wildman–Crippen MR) is 65.8 cm³/mol. The van der Waals surface area contributed by atoms with E-state index in [0.29, 0.717) is 19.0 Å². The lowest BCUT2D eigenvalue weighted by atomic mass is 10.3. The molecular formula is C12H16N2O4. The van der Waals surface area contributed by atoms with Gasteiger partial charge in [-0.25, -0.2) is 0 Å². The van der Waals surface area contributed by atoms with Gasteiger partial charge in [0, 0.05) is 25.2 Å². The minimum absolute atomic E-state index is 0.0546. The van der Waals surface area contributed by atoms with Gasteiger partial charge in [-0.3, -0.25) is 10.1 Å². The first kappa shape index (κ1) is 12.8. The number of ether oxygens (including phenoxy) is 2. The molecule has 1 aliphatic heterocycles. The summed E-state index contributed by atoms with van der Waals surface area (Å²) in [6, 6.07) is 6.07. The van der Waals surface area contributed by atoms with Gasteiger partial charge in [-0.1, -0.05) is 0 Å². The van der Waals surface area contributed by atoms with Crippen LogP contribution in [0.15, 0.2) is 24.3 Å². The van der Waals surface area contributed by atoms with E-state index >= 15 is 0 Å². The van der Waals surface area contributed by atoms with Gasteiger partial charge in [-0.05, 0) is 19.2 Å². The fourth-order valence-corrected chi connectivity index (χ4v) is 1.82. The van der Waals surface area contributed by atoms with Gasteiger partial charge in [0.2, 0.25) is 0 Å². The maximum atomic E-state index is 10.5. The Morgan fingerprint density at radius 3 is 2.83 bits per heavy atom. The van der Waals surface area contributed by atoms with Crippen LogP contribution in [-0.4, -0.2) is 49.3 Å². The highest BCUT2D eigenvalue weighted by atomic mass is 16.6. The third-order valence-corrected chi connectivity index (χ3v) is 2.83. The molecule has 1 aliphatic rings. The number of hydrogen-bond acceptors (Lipinski definition) is 5. The summed E-state index contributed by atoms with van der Waals surface area (Å²) >= 11 is 0. The third kappa shape index (κ3) is 3.41. The van der Waals surface area contributed by atoms with E-state index in [-0.39, 0.29) is 11.8 Å². The molecule has 0 amide bonds. The molecule has 6 heteroatoms. The van der Waals surface area contributed by atoms with Crippen molar-refractivity contribution >= 4 is 5.69 Å². The number of non-ortho nitro benzene ring substituents is 1. The molecule has 18 heavy (non-hydrogen) atoms. The number of nitrogens with zero attached hydrogens (tertiary/aromatic N) is 2. The molecule has 1 aromatic carbocycles. The molecule has 1 fully saturated rings. The quantitative estimate of drug-likeness (QED) is 0.597. The highest BCUT2D eigenvalue weighted by Gasteiger charge is 2.18. The van der Waals surface area contributed by atoms with Crippen molar-refractivity contribution in [3.63, 3.8) is 0 Å². The number of hydrogen-bond donors (Lipinski definition) is 0. The second-order valence-corrected chi connectivity index (χ2v) is 4.32. The molecule has 0 aliphatic carbocycles. The molecule has 98 valence electrons. The van der Waals surface area contributed by atoms with E-state index in [9.17, 15) is 10.1 Å². The third-order valence-electron chi connectivity index (χ3n) is 2.83. The largest absolute Gasteiger partial charge is 0.491 e. The van der Waals surface area contributed by atoms with Crippen LogP contribution in [0.1, 0.15) is 0 Å². The number of rotatable bonds is 4. The Labute approximate surface area is 105 Å². The van der Waals surface area contributed by atoms with Gasteiger partial charge in [-0.15, -0.1) is 0 Å². The topological polar surface area (TPSA) is 64.8 Å². The molecule has 1 atom stereocenters. The Kier molecular flexibility index (Phi) is 4.11. The summed E-state index contributed by atoms with van der Waals surface area (Å²) in [6.07, 6.45) is 0.0546. The van der Waals surface area contributed by atoms with Crippen LogP contribution in [0.25, 0.3) is 0 Å². The van der Waals surface area contributed by atoms with Crippen molar-refractivity contribution in [3.8, 4) is 5.75 Å². The van der Waals surface area contributed by atoms with Gasteiger partial charge in [-0.2, -0.15) is 0 Å². The lowest BCUT2D eigenvalue weighted by Crippen LogP contribution is -2.42. The van der Waals surface area contributed by atoms with Crippen LogP contribution in [0.5, 0.6) is 5.75 Å². The van der Waals surface area contributed by atoms with Gasteiger partial charge >= 0.3 is 0 Å². The van der Waals surface area contributed by atoms with E-state index in [1.54, 1.807) is 12.1 Å². The molecule has 0 bridgehead atoms. The maximum absolute atomic E-state index is 10.5. The van der Waals surface area contributed by atoms with E-state index < -0.39 is 4.92 Å². The molecule has 1 saturated heterocycles. The Morgan fingerprint density at radius 2 is 2.22 bits per heavy atom. The summed E-state index contributed by atoms with van der Waals surface area (Å²) in [4.78, 5) is 12.3. The van der Waals surface area contributed by atoms with Crippen molar-refractivity contribution in [1.82, 2.24) is 4.90 Å². The van der Waals surface area contributed by atoms with Crippen LogP contribution in [0.2, 0.25) is 0 Å². The monoisotopic (exact) mass is 252 g/mol. The summed E-state index contributed by atoms with van der Waals surface area (Å²) in [7, 11) is 2.04. The first-order valence-corrected chi connectivity index (χ1v) is 5.82. The minimum atomic E-state index is -0.428. The smallest absolute Gasteiger partial charge is 0.269 e. The summed E-state index contributed by atoms with van der Waals surface area (Å²) in [5.41, 5.74) is 0.0657. The van der Waals surface area contributed by atoms with Crippen molar-refractivity contribution in [2.75, 3.05) is 33.4 Å². The highest BCUT2D eigenvalue weighted by Crippen LogP contribution is 2.17. The van der Waals surface area contributed by atoms with Gasteiger partial charge in [0.1, 0.15) is 18.5 Å². The lowest BCUT2D eigenvalue weighted by molar-refractivity contribution is -0.384. The molecule has 0 spiro atoms. The second kappa shape index (κ2) is 5.79. The summed E-state index contributed by atoms with van der Waals surface area (Å²) in [6.45, 7) is 2.95. The van der Waals surface area contributed by atoms with Crippen LogP contribution in [0.4, 0.5) is 5.69 Å². The zero-order chi connectivity index (χ0) is 13.0. The van der Waals surface area contributed by atoms with Crippen molar-refractivity contribution in [3.05, 3.63) is 34.4 Å². The number of likely N-dealkylation sites (N-methyl/N-ethyl adjacent to an activating group) is 1. The first-order valence-electron chi connectivity index (χ1n) is 5.82. The number of nitro benzene ring substituents is 1. The average Bonchev–Trinajstić information content (AvgIpc) is 2.37. The Bertz CT molecular complexity index is 407. The minimum Gasteiger partial charge on any atom is -0.491 e. The standard InChI is InChI=1S/C12H16N2O4/c1-13-6-7-17-12(8-13)9-18-11-4-2-10(3-5-11)14(15)16/h2-5,12H,6-9H2,1H3/t12-/m1/s1. The Balaban J connectivity index is 1.84. The predicted octanol–water partition coefficient (Wildman–Crippen LogP) is 1.30. The lowest BCUT2D eigenvalue weighted by Gasteiger charge is -2.29. The molecule has 0 saturated carbocycles. The molecule has 1 aromatic rings. The van der Waals surface area contributed by atoms with E-state index in [2.05, 4.69) is 4.90 Å². The molecule has 2 rings (SSSR count). The SMILES string of the molecule is CN1CCO[C@@H](COc2ccc([N+](=O)[O-])cc2)C1. The van der Waals surface area contributed by atoms with E-state index in [1.165, 1.54) is 12.1 Å². The number of morpholine rings is 1. The van der Waals surface area contributed by atoms with Crippen molar-refractivity contribution in [2.24, 2.45) is 0 Å². The van der Waals surface area contributed by atoms with Gasteiger partial charge in [0.05, 0.1) is 11.5 Å². The normalized spacial score (nSPS) is 20.6. The molecule has 0 unspecified atom stereocenters. The van der Waals surface area contributed by atoms with E-state index in [1.807, 2.05) is 7.05 Å². The maximum Gasteiger partial charge on any atom is 0.269 e. The van der Waals surface area contributed by atoms with Crippen molar-refractivity contribution in [1.29, 1.82) is 0 Å². The zero-order valence-electron chi connectivity index (χ0n) is 10.2. The molecule has 6 nitrogen and oxygen atoms in total. The van der Waals surface area contributed by atoms with Gasteiger partial charge in [0.15, 0.2) is 0 Å². The van der Waals surface area contributed by atoms with Crippen LogP contribution < -0.4 is 4.74 Å². The van der Waals surface area contributed by atoms with Gasteiger partial charge in [0.25, 0.3) is 5.69 Å². The van der Waals surface area contributed by atoms with E-state index in [4.69, 9.17) is 9.47 Å². The molecule has 0 radical (unpaired) electrons. The first-order chi connectivity index (χ1) is 8.65. The number of benzene rings is 1. The van der Waals surface area contributed by atoms with E-state index in [0.717, 1.165) is 13.1 Å². The Morgan fingerprint density at radius 1 is 1.50 bits per heavy atom. The average molecular weight is 252 g/mol. The van der Waals surface area contributed by atoms with Crippen LogP contribution in [0.3, 0.4) is 0 Å². The number of nitro groups is 1. The zero-order valence-corrected chi connectivity index (χ0v) is 10.2. The second-order valence-electron chi connectivity index (χ2n) is 4.32. The summed E-state index contributed by atoms with van der Waals surface area (Å²) in [5, 5.41) is 10.5. The fourth-order valence-electron chi connectivity index (χ4n) is 1.82. The fraction of sp³-hybridized carbons (Fsp3) is 0.500. The Hall–Kier alpha value is -1.66. The van der Waals surface area contributed by atoms with Crippen LogP contribution >= 0.6 is 0 Å². The van der Waals surface area contributed by atoms with Gasteiger partial charge < -0.3 is 14.4 Å². The highest BCUT2D eigenvalue weighted by molar-refractivity contribution is 5.35. The van der Waals surface area contributed by atoms with Crippen molar-refractivity contribution in [2.45, 2.75) is 6.10 Å². The van der Waals surface area contributed by atoms with Crippen molar-refractivity contribution < 1.29 is 14.4 Å². The van der Waals surface area contributed by atoms with Crippen LogP contribution in [0, 0.1) is 10.1 Å². The summed E-state index contributed by atoms with van der Waals surface area (Å²) in [5.74, 6) is 0.623. The molecule has 0 N–H and O–H groups in total.